The second-order valence-corrected chi connectivity index (χ2v) is 4.33. The highest BCUT2D eigenvalue weighted by molar-refractivity contribution is 6.04. The van der Waals surface area contributed by atoms with Gasteiger partial charge in [-0.3, -0.25) is 4.79 Å². The summed E-state index contributed by atoms with van der Waals surface area (Å²) in [5.41, 5.74) is 2.38. The third kappa shape index (κ3) is 2.78. The van der Waals surface area contributed by atoms with Crippen LogP contribution in [0.1, 0.15) is 21.5 Å². The summed E-state index contributed by atoms with van der Waals surface area (Å²) in [6.45, 7) is 3.79. The minimum atomic E-state index is -0.872. The van der Waals surface area contributed by atoms with Crippen LogP contribution in [0.25, 0.3) is 0 Å². The average Bonchev–Trinajstić information content (AvgIpc) is 2.34. The Kier molecular flexibility index (Phi) is 3.60. The molecule has 4 heteroatoms. The van der Waals surface area contributed by atoms with Crippen molar-refractivity contribution in [2.75, 3.05) is 5.32 Å². The number of amides is 1. The van der Waals surface area contributed by atoms with Gasteiger partial charge in [-0.15, -0.1) is 0 Å². The van der Waals surface area contributed by atoms with Gasteiger partial charge in [0.05, 0.1) is 5.56 Å². The molecule has 0 aliphatic rings. The second kappa shape index (κ2) is 5.18. The fraction of sp³-hybridized carbons (Fsp3) is 0.133. The lowest BCUT2D eigenvalue weighted by atomic mass is 10.1. The predicted molar refractivity (Wildman–Crippen MR) is 70.2 cm³/mol. The van der Waals surface area contributed by atoms with Gasteiger partial charge in [-0.25, -0.2) is 8.78 Å². The number of hydrogen-bond donors (Lipinski definition) is 1. The van der Waals surface area contributed by atoms with Crippen LogP contribution in [0.4, 0.5) is 14.5 Å². The first-order valence-corrected chi connectivity index (χ1v) is 5.81. The van der Waals surface area contributed by atoms with Crippen molar-refractivity contribution in [1.82, 2.24) is 0 Å². The standard InChI is InChI=1S/C15H13F2NO/c1-9-4-3-5-14(10(9)2)18-15(19)12-7-6-11(16)8-13(12)17/h3-8H,1-2H3,(H,18,19). The topological polar surface area (TPSA) is 29.1 Å². The lowest BCUT2D eigenvalue weighted by molar-refractivity contribution is 0.102. The molecular weight excluding hydrogens is 248 g/mol. The molecule has 0 bridgehead atoms. The van der Waals surface area contributed by atoms with Crippen LogP contribution in [0.2, 0.25) is 0 Å². The number of rotatable bonds is 2. The van der Waals surface area contributed by atoms with Crippen LogP contribution in [-0.2, 0) is 0 Å². The zero-order valence-electron chi connectivity index (χ0n) is 10.6. The van der Waals surface area contributed by atoms with Gasteiger partial charge in [-0.05, 0) is 43.2 Å². The molecule has 0 saturated carbocycles. The number of anilines is 1. The van der Waals surface area contributed by atoms with Crippen LogP contribution in [0, 0.1) is 25.5 Å². The van der Waals surface area contributed by atoms with Gasteiger partial charge in [-0.1, -0.05) is 12.1 Å². The smallest absolute Gasteiger partial charge is 0.258 e. The normalized spacial score (nSPS) is 10.3. The number of carbonyl (C=O) groups is 1. The van der Waals surface area contributed by atoms with Gasteiger partial charge in [0.25, 0.3) is 5.91 Å². The molecule has 19 heavy (non-hydrogen) atoms. The monoisotopic (exact) mass is 261 g/mol. The highest BCUT2D eigenvalue weighted by Gasteiger charge is 2.13. The molecule has 0 unspecified atom stereocenters. The van der Waals surface area contributed by atoms with E-state index in [2.05, 4.69) is 5.32 Å². The maximum Gasteiger partial charge on any atom is 0.258 e. The highest BCUT2D eigenvalue weighted by atomic mass is 19.1. The van der Waals surface area contributed by atoms with Crippen molar-refractivity contribution in [3.05, 3.63) is 64.7 Å². The van der Waals surface area contributed by atoms with Crippen LogP contribution in [0.3, 0.4) is 0 Å². The molecule has 0 heterocycles. The van der Waals surface area contributed by atoms with Gasteiger partial charge in [-0.2, -0.15) is 0 Å². The first kappa shape index (κ1) is 13.2. The van der Waals surface area contributed by atoms with Crippen molar-refractivity contribution in [1.29, 1.82) is 0 Å². The molecule has 0 spiro atoms. The van der Waals surface area contributed by atoms with Gasteiger partial charge < -0.3 is 5.32 Å². The fourth-order valence-corrected chi connectivity index (χ4v) is 1.75. The Hall–Kier alpha value is -2.23. The minimum absolute atomic E-state index is 0.178. The minimum Gasteiger partial charge on any atom is -0.322 e. The molecule has 0 saturated heterocycles. The summed E-state index contributed by atoms with van der Waals surface area (Å²) in [6, 6.07) is 8.34. The maximum absolute atomic E-state index is 13.5. The molecule has 0 fully saturated rings. The molecule has 2 rings (SSSR count). The molecule has 2 aromatic rings. The van der Waals surface area contributed by atoms with E-state index in [0.29, 0.717) is 11.8 Å². The van der Waals surface area contributed by atoms with Gasteiger partial charge >= 0.3 is 0 Å². The van der Waals surface area contributed by atoms with Gasteiger partial charge in [0.2, 0.25) is 0 Å². The Morgan fingerprint density at radius 3 is 2.53 bits per heavy atom. The largest absolute Gasteiger partial charge is 0.322 e. The molecule has 0 aliphatic carbocycles. The quantitative estimate of drug-likeness (QED) is 0.874. The average molecular weight is 261 g/mol. The molecule has 1 N–H and O–H groups in total. The van der Waals surface area contributed by atoms with Crippen molar-refractivity contribution < 1.29 is 13.6 Å². The molecule has 1 amide bonds. The highest BCUT2D eigenvalue weighted by Crippen LogP contribution is 2.19. The Balaban J connectivity index is 2.28. The van der Waals surface area contributed by atoms with Crippen molar-refractivity contribution in [3.8, 4) is 0 Å². The number of hydrogen-bond acceptors (Lipinski definition) is 1. The molecule has 2 nitrogen and oxygen atoms in total. The second-order valence-electron chi connectivity index (χ2n) is 4.33. The van der Waals surface area contributed by atoms with E-state index in [4.69, 9.17) is 0 Å². The number of carbonyl (C=O) groups excluding carboxylic acids is 1. The lowest BCUT2D eigenvalue weighted by Crippen LogP contribution is -2.14. The van der Waals surface area contributed by atoms with Crippen molar-refractivity contribution in [2.24, 2.45) is 0 Å². The number of nitrogens with one attached hydrogen (secondary N) is 1. The van der Waals surface area contributed by atoms with Crippen LogP contribution in [0.15, 0.2) is 36.4 Å². The molecule has 0 aliphatic heterocycles. The fourth-order valence-electron chi connectivity index (χ4n) is 1.75. The van der Waals surface area contributed by atoms with E-state index in [-0.39, 0.29) is 5.56 Å². The van der Waals surface area contributed by atoms with E-state index >= 15 is 0 Å². The van der Waals surface area contributed by atoms with E-state index in [9.17, 15) is 13.6 Å². The van der Waals surface area contributed by atoms with Crippen molar-refractivity contribution in [3.63, 3.8) is 0 Å². The summed E-state index contributed by atoms with van der Waals surface area (Å²) in [4.78, 5) is 11.9. The summed E-state index contributed by atoms with van der Waals surface area (Å²) >= 11 is 0. The Bertz CT molecular complexity index is 638. The van der Waals surface area contributed by atoms with Gasteiger partial charge in [0, 0.05) is 11.8 Å². The van der Waals surface area contributed by atoms with Gasteiger partial charge in [0.1, 0.15) is 11.6 Å². The van der Waals surface area contributed by atoms with E-state index in [0.717, 1.165) is 23.3 Å². The Morgan fingerprint density at radius 2 is 1.84 bits per heavy atom. The molecule has 0 atom stereocenters. The summed E-state index contributed by atoms with van der Waals surface area (Å²) in [5, 5.41) is 2.63. The first-order chi connectivity index (χ1) is 8.99. The maximum atomic E-state index is 13.5. The first-order valence-electron chi connectivity index (χ1n) is 5.81. The zero-order valence-corrected chi connectivity index (χ0v) is 10.6. The van der Waals surface area contributed by atoms with Crippen LogP contribution in [0.5, 0.6) is 0 Å². The van der Waals surface area contributed by atoms with E-state index in [1.165, 1.54) is 0 Å². The summed E-state index contributed by atoms with van der Waals surface area (Å²) in [7, 11) is 0. The molecule has 0 radical (unpaired) electrons. The van der Waals surface area contributed by atoms with Crippen LogP contribution < -0.4 is 5.32 Å². The van der Waals surface area contributed by atoms with Crippen LogP contribution >= 0.6 is 0 Å². The Labute approximate surface area is 110 Å². The molecular formula is C15H13F2NO. The van der Waals surface area contributed by atoms with E-state index < -0.39 is 17.5 Å². The van der Waals surface area contributed by atoms with Crippen molar-refractivity contribution in [2.45, 2.75) is 13.8 Å². The number of benzene rings is 2. The number of halogens is 2. The van der Waals surface area contributed by atoms with E-state index in [1.807, 2.05) is 19.9 Å². The predicted octanol–water partition coefficient (Wildman–Crippen LogP) is 3.83. The lowest BCUT2D eigenvalue weighted by Gasteiger charge is -2.10. The zero-order chi connectivity index (χ0) is 14.0. The SMILES string of the molecule is Cc1cccc(NC(=O)c2ccc(F)cc2F)c1C. The molecule has 98 valence electrons. The summed E-state index contributed by atoms with van der Waals surface area (Å²) < 4.78 is 26.3. The number of aryl methyl sites for hydroxylation is 1. The van der Waals surface area contributed by atoms with Gasteiger partial charge in [0.15, 0.2) is 0 Å². The van der Waals surface area contributed by atoms with E-state index in [1.54, 1.807) is 12.1 Å². The molecule has 2 aromatic carbocycles. The molecule has 0 aromatic heterocycles. The summed E-state index contributed by atoms with van der Waals surface area (Å²) in [6.07, 6.45) is 0. The summed E-state index contributed by atoms with van der Waals surface area (Å²) in [5.74, 6) is -2.17. The third-order valence-electron chi connectivity index (χ3n) is 3.03. The third-order valence-corrected chi connectivity index (χ3v) is 3.03. The Morgan fingerprint density at radius 1 is 1.11 bits per heavy atom. The van der Waals surface area contributed by atoms with Crippen molar-refractivity contribution >= 4 is 11.6 Å². The van der Waals surface area contributed by atoms with Crippen LogP contribution in [-0.4, -0.2) is 5.91 Å².